The molecule has 0 radical (unpaired) electrons. The number of likely N-dealkylation sites (N-methyl/N-ethyl adjacent to an activating group) is 1. The summed E-state index contributed by atoms with van der Waals surface area (Å²) < 4.78 is 0. The number of hydrogen-bond acceptors (Lipinski definition) is 2. The lowest BCUT2D eigenvalue weighted by Gasteiger charge is -2.08. The van der Waals surface area contributed by atoms with E-state index in [1.165, 1.54) is 0 Å². The van der Waals surface area contributed by atoms with Crippen molar-refractivity contribution in [3.63, 3.8) is 0 Å². The van der Waals surface area contributed by atoms with Crippen molar-refractivity contribution >= 4 is 23.2 Å². The third kappa shape index (κ3) is 0.975. The molecule has 0 N–H and O–H groups in total. The van der Waals surface area contributed by atoms with E-state index in [2.05, 4.69) is 4.98 Å². The fourth-order valence-electron chi connectivity index (χ4n) is 1.32. The predicted octanol–water partition coefficient (Wildman–Crippen LogP) is 1.25. The van der Waals surface area contributed by atoms with Gasteiger partial charge in [0.05, 0.1) is 18.3 Å². The Hall–Kier alpha value is -1.09. The van der Waals surface area contributed by atoms with Crippen LogP contribution in [0.2, 0.25) is 5.15 Å². The number of pyridine rings is 1. The van der Waals surface area contributed by atoms with Crippen molar-refractivity contribution in [3.8, 4) is 0 Å². The number of hydrogen-bond donors (Lipinski definition) is 0. The van der Waals surface area contributed by atoms with E-state index in [9.17, 15) is 4.79 Å². The van der Waals surface area contributed by atoms with Gasteiger partial charge in [0.25, 0.3) is 0 Å². The van der Waals surface area contributed by atoms with Crippen LogP contribution in [0.1, 0.15) is 5.56 Å². The maximum absolute atomic E-state index is 11.2. The van der Waals surface area contributed by atoms with Crippen molar-refractivity contribution in [2.75, 3.05) is 11.9 Å². The Bertz CT molecular complexity index is 351. The van der Waals surface area contributed by atoms with Crippen molar-refractivity contribution in [2.24, 2.45) is 0 Å². The molecule has 0 saturated heterocycles. The Labute approximate surface area is 75.0 Å². The molecule has 2 rings (SSSR count). The smallest absolute Gasteiger partial charge is 0.231 e. The molecule has 1 aliphatic heterocycles. The van der Waals surface area contributed by atoms with E-state index >= 15 is 0 Å². The number of rotatable bonds is 0. The van der Waals surface area contributed by atoms with Crippen LogP contribution in [0.25, 0.3) is 0 Å². The fraction of sp³-hybridized carbons (Fsp3) is 0.250. The molecule has 0 bridgehead atoms. The number of anilines is 1. The van der Waals surface area contributed by atoms with Gasteiger partial charge in [-0.25, -0.2) is 4.98 Å². The molecule has 2 heterocycles. The van der Waals surface area contributed by atoms with Gasteiger partial charge in [0.2, 0.25) is 5.91 Å². The Morgan fingerprint density at radius 1 is 1.67 bits per heavy atom. The molecule has 1 aromatic heterocycles. The summed E-state index contributed by atoms with van der Waals surface area (Å²) >= 11 is 5.68. The molecule has 4 heteroatoms. The number of fused-ring (bicyclic) bond motifs is 1. The van der Waals surface area contributed by atoms with Crippen molar-refractivity contribution in [3.05, 3.63) is 23.0 Å². The van der Waals surface area contributed by atoms with Crippen molar-refractivity contribution in [2.45, 2.75) is 6.42 Å². The number of carbonyl (C=O) groups excluding carboxylic acids is 1. The lowest BCUT2D eigenvalue weighted by Crippen LogP contribution is -2.20. The molecule has 0 saturated carbocycles. The van der Waals surface area contributed by atoms with Gasteiger partial charge >= 0.3 is 0 Å². The quantitative estimate of drug-likeness (QED) is 0.566. The molecule has 0 aliphatic carbocycles. The van der Waals surface area contributed by atoms with Crippen molar-refractivity contribution < 1.29 is 4.79 Å². The first-order valence-corrected chi connectivity index (χ1v) is 3.97. The third-order valence-corrected chi connectivity index (χ3v) is 2.22. The van der Waals surface area contributed by atoms with Gasteiger partial charge in [0, 0.05) is 7.05 Å². The standard InChI is InChI=1S/C8H7ClN2O/c1-11-6-4-10-7(9)2-5(6)3-8(11)12/h2,4H,3H2,1H3. The molecule has 0 spiro atoms. The average Bonchev–Trinajstić information content (AvgIpc) is 2.28. The van der Waals surface area contributed by atoms with Crippen molar-refractivity contribution in [1.82, 2.24) is 4.98 Å². The first kappa shape index (κ1) is 7.55. The van der Waals surface area contributed by atoms with Crippen LogP contribution in [0.4, 0.5) is 5.69 Å². The first-order chi connectivity index (χ1) is 5.68. The van der Waals surface area contributed by atoms with Crippen LogP contribution in [-0.4, -0.2) is 17.9 Å². The molecular weight excluding hydrogens is 176 g/mol. The topological polar surface area (TPSA) is 33.2 Å². The number of aromatic nitrogens is 1. The molecule has 1 aromatic rings. The van der Waals surface area contributed by atoms with Crippen LogP contribution in [0.15, 0.2) is 12.3 Å². The van der Waals surface area contributed by atoms with Gasteiger partial charge in [-0.3, -0.25) is 4.79 Å². The lowest BCUT2D eigenvalue weighted by atomic mass is 10.2. The molecule has 1 amide bonds. The minimum absolute atomic E-state index is 0.0917. The number of nitrogens with zero attached hydrogens (tertiary/aromatic N) is 2. The summed E-state index contributed by atoms with van der Waals surface area (Å²) in [5.41, 5.74) is 1.83. The highest BCUT2D eigenvalue weighted by Crippen LogP contribution is 2.27. The fourth-order valence-corrected chi connectivity index (χ4v) is 1.50. The van der Waals surface area contributed by atoms with Crippen molar-refractivity contribution in [1.29, 1.82) is 0 Å². The van der Waals surface area contributed by atoms with Gasteiger partial charge in [-0.15, -0.1) is 0 Å². The van der Waals surface area contributed by atoms with E-state index in [1.807, 2.05) is 0 Å². The van der Waals surface area contributed by atoms with E-state index in [4.69, 9.17) is 11.6 Å². The Kier molecular flexibility index (Phi) is 1.54. The van der Waals surface area contributed by atoms with Crippen LogP contribution >= 0.6 is 11.6 Å². The Balaban J connectivity index is 2.54. The molecule has 12 heavy (non-hydrogen) atoms. The van der Waals surface area contributed by atoms with Gasteiger partial charge in [0.1, 0.15) is 5.15 Å². The molecule has 3 nitrogen and oxygen atoms in total. The second-order valence-corrected chi connectivity index (χ2v) is 3.15. The van der Waals surface area contributed by atoms with E-state index < -0.39 is 0 Å². The average molecular weight is 183 g/mol. The van der Waals surface area contributed by atoms with Gasteiger partial charge in [0.15, 0.2) is 0 Å². The maximum atomic E-state index is 11.2. The molecule has 0 unspecified atom stereocenters. The third-order valence-electron chi connectivity index (χ3n) is 2.01. The van der Waals surface area contributed by atoms with Crippen LogP contribution < -0.4 is 4.90 Å². The summed E-state index contributed by atoms with van der Waals surface area (Å²) in [5, 5.41) is 0.442. The van der Waals surface area contributed by atoms with E-state index in [0.29, 0.717) is 11.6 Å². The van der Waals surface area contributed by atoms with E-state index in [0.717, 1.165) is 11.3 Å². The number of carbonyl (C=O) groups is 1. The predicted molar refractivity (Wildman–Crippen MR) is 46.4 cm³/mol. The summed E-state index contributed by atoms with van der Waals surface area (Å²) in [6.45, 7) is 0. The number of halogens is 1. The second kappa shape index (κ2) is 2.45. The minimum atomic E-state index is 0.0917. The molecule has 0 aromatic carbocycles. The highest BCUT2D eigenvalue weighted by Gasteiger charge is 2.24. The number of amides is 1. The largest absolute Gasteiger partial charge is 0.313 e. The monoisotopic (exact) mass is 182 g/mol. The summed E-state index contributed by atoms with van der Waals surface area (Å²) in [5.74, 6) is 0.0917. The van der Waals surface area contributed by atoms with E-state index in [-0.39, 0.29) is 5.91 Å². The zero-order valence-corrected chi connectivity index (χ0v) is 7.30. The highest BCUT2D eigenvalue weighted by atomic mass is 35.5. The molecular formula is C8H7ClN2O. The van der Waals surface area contributed by atoms with Crippen LogP contribution in [-0.2, 0) is 11.2 Å². The molecule has 1 aliphatic rings. The second-order valence-electron chi connectivity index (χ2n) is 2.77. The van der Waals surface area contributed by atoms with Crippen LogP contribution in [0, 0.1) is 0 Å². The van der Waals surface area contributed by atoms with Crippen LogP contribution in [0.3, 0.4) is 0 Å². The molecule has 0 atom stereocenters. The zero-order valence-electron chi connectivity index (χ0n) is 6.54. The summed E-state index contributed by atoms with van der Waals surface area (Å²) in [4.78, 5) is 16.7. The summed E-state index contributed by atoms with van der Waals surface area (Å²) in [6.07, 6.45) is 2.07. The van der Waals surface area contributed by atoms with Gasteiger partial charge in [-0.1, -0.05) is 11.6 Å². The maximum Gasteiger partial charge on any atom is 0.231 e. The van der Waals surface area contributed by atoms with Gasteiger partial charge in [-0.2, -0.15) is 0 Å². The SMILES string of the molecule is CN1C(=O)Cc2cc(Cl)ncc21. The lowest BCUT2D eigenvalue weighted by molar-refractivity contribution is -0.117. The van der Waals surface area contributed by atoms with Crippen LogP contribution in [0.5, 0.6) is 0 Å². The summed E-state index contributed by atoms with van der Waals surface area (Å²) in [6, 6.07) is 1.73. The zero-order chi connectivity index (χ0) is 8.72. The molecule has 62 valence electrons. The van der Waals surface area contributed by atoms with Gasteiger partial charge < -0.3 is 4.90 Å². The Morgan fingerprint density at radius 2 is 2.42 bits per heavy atom. The van der Waals surface area contributed by atoms with Gasteiger partial charge in [-0.05, 0) is 11.6 Å². The molecule has 0 fully saturated rings. The Morgan fingerprint density at radius 3 is 3.17 bits per heavy atom. The summed E-state index contributed by atoms with van der Waals surface area (Å²) in [7, 11) is 1.74. The normalized spacial score (nSPS) is 15.2. The first-order valence-electron chi connectivity index (χ1n) is 3.59. The van der Waals surface area contributed by atoms with E-state index in [1.54, 1.807) is 24.2 Å². The highest BCUT2D eigenvalue weighted by molar-refractivity contribution is 6.29. The minimum Gasteiger partial charge on any atom is -0.313 e.